The summed E-state index contributed by atoms with van der Waals surface area (Å²) in [4.78, 5) is 24.8. The van der Waals surface area contributed by atoms with E-state index in [0.717, 1.165) is 10.9 Å². The van der Waals surface area contributed by atoms with Gasteiger partial charge >= 0.3 is 6.09 Å². The molecule has 0 saturated heterocycles. The van der Waals surface area contributed by atoms with Crippen LogP contribution < -0.4 is 10.9 Å². The van der Waals surface area contributed by atoms with E-state index >= 15 is 0 Å². The van der Waals surface area contributed by atoms with Gasteiger partial charge in [0.05, 0.1) is 0 Å². The highest BCUT2D eigenvalue weighted by molar-refractivity contribution is 14.1. The van der Waals surface area contributed by atoms with Crippen LogP contribution in [0.2, 0.25) is 0 Å². The number of H-pyrrole nitrogens is 1. The maximum absolute atomic E-state index is 10.8. The molecule has 6 heteroatoms. The third-order valence-electron chi connectivity index (χ3n) is 1.85. The first-order chi connectivity index (χ1) is 8.63. The Labute approximate surface area is 118 Å². The van der Waals surface area contributed by atoms with Crippen molar-refractivity contribution in [2.75, 3.05) is 12.0 Å². The number of hydrogen-bond acceptors (Lipinski definition) is 2. The summed E-state index contributed by atoms with van der Waals surface area (Å²) in [7, 11) is 1.35. The molecule has 0 atom stereocenters. The molecule has 0 radical (unpaired) electrons. The predicted octanol–water partition coefficient (Wildman–Crippen LogP) is 2.46. The van der Waals surface area contributed by atoms with Gasteiger partial charge in [-0.05, 0) is 22.4 Å². The fourth-order valence-electron chi connectivity index (χ4n) is 1.10. The number of benzene rings is 1. The molecule has 1 amide bonds. The molecule has 2 aromatic rings. The lowest BCUT2D eigenvalue weighted by Gasteiger charge is -1.93. The van der Waals surface area contributed by atoms with E-state index in [1.165, 1.54) is 13.1 Å². The highest BCUT2D eigenvalue weighted by atomic mass is 127. The zero-order valence-corrected chi connectivity index (χ0v) is 12.3. The standard InChI is InChI=1S/C9H7NO.C2H5NO2.CH3I/c11-9-6-5-7-3-1-2-4-8(7)10-9;1-3-2(4)5;1-2/h1-6H,(H,10,11);3H,1H3,(H,4,5);1H3. The molecule has 98 valence electrons. The van der Waals surface area contributed by atoms with E-state index in [0.29, 0.717) is 0 Å². The molecular weight excluding hydrogens is 347 g/mol. The fraction of sp³-hybridized carbons (Fsp3) is 0.167. The monoisotopic (exact) mass is 362 g/mol. The number of carbonyl (C=O) groups is 1. The lowest BCUT2D eigenvalue weighted by atomic mass is 10.2. The molecule has 0 spiro atoms. The van der Waals surface area contributed by atoms with Gasteiger partial charge in [0.15, 0.2) is 0 Å². The minimum atomic E-state index is -0.995. The van der Waals surface area contributed by atoms with Gasteiger partial charge in [0.25, 0.3) is 0 Å². The van der Waals surface area contributed by atoms with Gasteiger partial charge in [-0.25, -0.2) is 4.79 Å². The summed E-state index contributed by atoms with van der Waals surface area (Å²) in [5.74, 6) is 0. The number of nitrogens with one attached hydrogen (secondary N) is 2. The summed E-state index contributed by atoms with van der Waals surface area (Å²) in [5.41, 5.74) is 0.837. The molecule has 1 aromatic heterocycles. The van der Waals surface area contributed by atoms with Crippen LogP contribution in [0, 0.1) is 0 Å². The Balaban J connectivity index is 0.000000354. The van der Waals surface area contributed by atoms with E-state index < -0.39 is 6.09 Å². The second-order valence-corrected chi connectivity index (χ2v) is 2.96. The second kappa shape index (κ2) is 9.46. The number of carboxylic acid groups (broad SMARTS) is 1. The van der Waals surface area contributed by atoms with Crippen LogP contribution in [-0.2, 0) is 0 Å². The smallest absolute Gasteiger partial charge is 0.404 e. The van der Waals surface area contributed by atoms with Gasteiger partial charge in [-0.2, -0.15) is 0 Å². The maximum Gasteiger partial charge on any atom is 0.404 e. The summed E-state index contributed by atoms with van der Waals surface area (Å²) in [5, 5.41) is 10.6. The predicted molar refractivity (Wildman–Crippen MR) is 81.6 cm³/mol. The number of fused-ring (bicyclic) bond motifs is 1. The number of alkyl halides is 1. The Morgan fingerprint density at radius 2 is 1.78 bits per heavy atom. The normalized spacial score (nSPS) is 8.39. The van der Waals surface area contributed by atoms with Crippen molar-refractivity contribution in [2.24, 2.45) is 0 Å². The lowest BCUT2D eigenvalue weighted by molar-refractivity contribution is 0.197. The van der Waals surface area contributed by atoms with Crippen molar-refractivity contribution in [3.63, 3.8) is 0 Å². The lowest BCUT2D eigenvalue weighted by Crippen LogP contribution is -2.13. The van der Waals surface area contributed by atoms with Gasteiger partial charge in [-0.3, -0.25) is 4.79 Å². The van der Waals surface area contributed by atoms with Gasteiger partial charge in [0, 0.05) is 18.6 Å². The van der Waals surface area contributed by atoms with Crippen molar-refractivity contribution in [3.05, 3.63) is 46.8 Å². The van der Waals surface area contributed by atoms with Crippen molar-refractivity contribution >= 4 is 39.6 Å². The van der Waals surface area contributed by atoms with E-state index in [-0.39, 0.29) is 5.56 Å². The molecular formula is C12H15IN2O3. The Morgan fingerprint density at radius 3 is 2.33 bits per heavy atom. The molecule has 0 bridgehead atoms. The van der Waals surface area contributed by atoms with Crippen molar-refractivity contribution in [1.29, 1.82) is 0 Å². The Kier molecular flexibility index (Phi) is 8.63. The number of hydrogen-bond donors (Lipinski definition) is 3. The minimum absolute atomic E-state index is 0.0521. The third kappa shape index (κ3) is 6.24. The van der Waals surface area contributed by atoms with Crippen molar-refractivity contribution < 1.29 is 9.90 Å². The molecule has 18 heavy (non-hydrogen) atoms. The van der Waals surface area contributed by atoms with E-state index in [1.54, 1.807) is 0 Å². The van der Waals surface area contributed by atoms with E-state index in [2.05, 4.69) is 27.6 Å². The molecule has 0 aliphatic heterocycles. The number of para-hydroxylation sites is 1. The number of rotatable bonds is 0. The molecule has 1 heterocycles. The van der Waals surface area contributed by atoms with Crippen LogP contribution in [0.25, 0.3) is 10.9 Å². The third-order valence-corrected chi connectivity index (χ3v) is 1.85. The molecule has 0 aliphatic rings. The van der Waals surface area contributed by atoms with Crippen LogP contribution in [0.1, 0.15) is 0 Å². The van der Waals surface area contributed by atoms with Crippen LogP contribution in [-0.4, -0.2) is 28.2 Å². The highest BCUT2D eigenvalue weighted by Crippen LogP contribution is 2.06. The summed E-state index contributed by atoms with van der Waals surface area (Å²) in [6.07, 6.45) is -0.995. The fourth-order valence-corrected chi connectivity index (χ4v) is 1.10. The minimum Gasteiger partial charge on any atom is -0.465 e. The summed E-state index contributed by atoms with van der Waals surface area (Å²) >= 11 is 2.15. The Hall–Kier alpha value is -1.57. The SMILES string of the molecule is CI.CNC(=O)O.O=c1ccc2ccccc2[nH]1. The Bertz CT molecular complexity index is 540. The van der Waals surface area contributed by atoms with E-state index in [4.69, 9.17) is 5.11 Å². The number of pyridine rings is 1. The zero-order chi connectivity index (χ0) is 14.0. The molecule has 0 fully saturated rings. The number of aromatic amines is 1. The molecule has 1 aromatic carbocycles. The first-order valence-electron chi connectivity index (χ1n) is 5.00. The number of amides is 1. The average Bonchev–Trinajstić information content (AvgIpc) is 2.41. The quantitative estimate of drug-likeness (QED) is 0.497. The van der Waals surface area contributed by atoms with Crippen molar-refractivity contribution in [1.82, 2.24) is 10.3 Å². The van der Waals surface area contributed by atoms with Crippen LogP contribution in [0.5, 0.6) is 0 Å². The van der Waals surface area contributed by atoms with Crippen LogP contribution in [0.15, 0.2) is 41.2 Å². The van der Waals surface area contributed by atoms with Gasteiger partial charge in [-0.15, -0.1) is 0 Å². The Morgan fingerprint density at radius 1 is 1.22 bits per heavy atom. The van der Waals surface area contributed by atoms with Gasteiger partial charge in [0.2, 0.25) is 5.56 Å². The van der Waals surface area contributed by atoms with Crippen LogP contribution in [0.3, 0.4) is 0 Å². The molecule has 2 rings (SSSR count). The van der Waals surface area contributed by atoms with E-state index in [1.807, 2.05) is 40.6 Å². The summed E-state index contributed by atoms with van der Waals surface area (Å²) in [6.45, 7) is 0. The zero-order valence-electron chi connectivity index (χ0n) is 10.1. The van der Waals surface area contributed by atoms with Crippen LogP contribution >= 0.6 is 22.6 Å². The molecule has 0 unspecified atom stereocenters. The molecule has 0 saturated carbocycles. The number of aromatic nitrogens is 1. The molecule has 3 N–H and O–H groups in total. The average molecular weight is 362 g/mol. The topological polar surface area (TPSA) is 82.2 Å². The molecule has 0 aliphatic carbocycles. The first kappa shape index (κ1) is 16.4. The molecule has 5 nitrogen and oxygen atoms in total. The highest BCUT2D eigenvalue weighted by Gasteiger charge is 1.89. The first-order valence-corrected chi connectivity index (χ1v) is 7.16. The van der Waals surface area contributed by atoms with Crippen molar-refractivity contribution in [2.45, 2.75) is 0 Å². The summed E-state index contributed by atoms with van der Waals surface area (Å²) < 4.78 is 0. The van der Waals surface area contributed by atoms with Gasteiger partial charge in [-0.1, -0.05) is 40.8 Å². The van der Waals surface area contributed by atoms with Gasteiger partial charge in [0.1, 0.15) is 0 Å². The van der Waals surface area contributed by atoms with Gasteiger partial charge < -0.3 is 15.4 Å². The second-order valence-electron chi connectivity index (χ2n) is 2.96. The number of halogens is 1. The van der Waals surface area contributed by atoms with Crippen molar-refractivity contribution in [3.8, 4) is 0 Å². The van der Waals surface area contributed by atoms with Crippen LogP contribution in [0.4, 0.5) is 4.79 Å². The van der Waals surface area contributed by atoms with E-state index in [9.17, 15) is 9.59 Å². The summed E-state index contributed by atoms with van der Waals surface area (Å²) in [6, 6.07) is 11.0. The largest absolute Gasteiger partial charge is 0.465 e. The maximum atomic E-state index is 10.8.